The van der Waals surface area contributed by atoms with Crippen LogP contribution in [0.4, 0.5) is 0 Å². The molecule has 18 heavy (non-hydrogen) atoms. The Kier molecular flexibility index (Phi) is 2.57. The Bertz CT molecular complexity index is 314. The van der Waals surface area contributed by atoms with Gasteiger partial charge in [-0.05, 0) is 62.2 Å². The molecule has 2 atom stereocenters. The van der Waals surface area contributed by atoms with E-state index in [1.54, 1.807) is 0 Å². The zero-order valence-electron chi connectivity index (χ0n) is 11.5. The monoisotopic (exact) mass is 246 g/mol. The molecule has 2 heteroatoms. The van der Waals surface area contributed by atoms with Gasteiger partial charge in [0.15, 0.2) is 0 Å². The van der Waals surface area contributed by atoms with E-state index in [1.165, 1.54) is 77.0 Å². The van der Waals surface area contributed by atoms with Gasteiger partial charge in [-0.15, -0.1) is 0 Å². The Morgan fingerprint density at radius 2 is 0.944 bits per heavy atom. The molecule has 2 spiro atoms. The first kappa shape index (κ1) is 11.4. The first-order chi connectivity index (χ1) is 8.83. The first-order valence-electron chi connectivity index (χ1n) is 8.23. The van der Waals surface area contributed by atoms with Gasteiger partial charge in [0.2, 0.25) is 0 Å². The van der Waals surface area contributed by atoms with Crippen LogP contribution in [-0.4, -0.2) is 12.1 Å². The second-order valence-electron chi connectivity index (χ2n) is 7.48. The van der Waals surface area contributed by atoms with Crippen molar-refractivity contribution in [3.05, 3.63) is 0 Å². The Morgan fingerprint density at radius 1 is 0.556 bits per heavy atom. The molecule has 0 saturated heterocycles. The largest absolute Gasteiger partial charge is 0.190 e. The van der Waals surface area contributed by atoms with Crippen molar-refractivity contribution in [2.75, 3.05) is 0 Å². The summed E-state index contributed by atoms with van der Waals surface area (Å²) < 4.78 is 0. The van der Waals surface area contributed by atoms with Crippen molar-refractivity contribution >= 4 is 0 Å². The summed E-state index contributed by atoms with van der Waals surface area (Å²) in [4.78, 5) is 0. The minimum absolute atomic E-state index is 0.610. The zero-order valence-corrected chi connectivity index (χ0v) is 11.5. The zero-order chi connectivity index (χ0) is 12.1. The van der Waals surface area contributed by atoms with Crippen LogP contribution in [0.2, 0.25) is 0 Å². The summed E-state index contributed by atoms with van der Waals surface area (Å²) in [5.41, 5.74) is 1.24. The van der Waals surface area contributed by atoms with Crippen molar-refractivity contribution < 1.29 is 0 Å². The van der Waals surface area contributed by atoms with Crippen molar-refractivity contribution in [1.29, 1.82) is 0 Å². The SMILES string of the molecule is C1CCC2(C1)CCC2N=NC1CCC12CCCC2. The van der Waals surface area contributed by atoms with Gasteiger partial charge in [-0.25, -0.2) is 0 Å². The molecule has 0 aliphatic heterocycles. The predicted molar refractivity (Wildman–Crippen MR) is 72.7 cm³/mol. The molecule has 2 nitrogen and oxygen atoms in total. The van der Waals surface area contributed by atoms with E-state index in [9.17, 15) is 0 Å². The highest BCUT2D eigenvalue weighted by atomic mass is 15.2. The molecule has 4 aliphatic rings. The van der Waals surface area contributed by atoms with Crippen LogP contribution in [0.15, 0.2) is 10.2 Å². The third-order valence-corrected chi connectivity index (χ3v) is 6.79. The summed E-state index contributed by atoms with van der Waals surface area (Å²) in [5.74, 6) is 0. The fraction of sp³-hybridized carbons (Fsp3) is 1.00. The van der Waals surface area contributed by atoms with Crippen LogP contribution in [0, 0.1) is 10.8 Å². The summed E-state index contributed by atoms with van der Waals surface area (Å²) in [6.07, 6.45) is 17.0. The molecule has 0 aromatic rings. The maximum Gasteiger partial charge on any atom is 0.0764 e. The van der Waals surface area contributed by atoms with Crippen LogP contribution >= 0.6 is 0 Å². The highest BCUT2D eigenvalue weighted by Crippen LogP contribution is 2.57. The van der Waals surface area contributed by atoms with Crippen LogP contribution in [0.3, 0.4) is 0 Å². The van der Waals surface area contributed by atoms with Crippen molar-refractivity contribution in [2.24, 2.45) is 21.1 Å². The van der Waals surface area contributed by atoms with Crippen LogP contribution < -0.4 is 0 Å². The lowest BCUT2D eigenvalue weighted by molar-refractivity contribution is 0.0737. The first-order valence-corrected chi connectivity index (χ1v) is 8.23. The van der Waals surface area contributed by atoms with Crippen LogP contribution in [0.5, 0.6) is 0 Å². The van der Waals surface area contributed by atoms with E-state index in [2.05, 4.69) is 0 Å². The standard InChI is InChI=1S/C16H26N2/c1-2-8-15(7-1)11-5-13(15)17-18-14-6-12-16(14)9-3-4-10-16/h13-14H,1-12H2. The number of azo groups is 1. The second kappa shape index (κ2) is 4.05. The number of nitrogens with zero attached hydrogens (tertiary/aromatic N) is 2. The van der Waals surface area contributed by atoms with E-state index in [0.29, 0.717) is 22.9 Å². The third kappa shape index (κ3) is 1.53. The van der Waals surface area contributed by atoms with Gasteiger partial charge in [-0.2, -0.15) is 10.2 Å². The van der Waals surface area contributed by atoms with Crippen LogP contribution in [0.25, 0.3) is 0 Å². The molecule has 0 amide bonds. The van der Waals surface area contributed by atoms with Crippen LogP contribution in [0.1, 0.15) is 77.0 Å². The molecule has 0 radical (unpaired) electrons. The smallest absolute Gasteiger partial charge is 0.0764 e. The van der Waals surface area contributed by atoms with Crippen LogP contribution in [-0.2, 0) is 0 Å². The Hall–Kier alpha value is -0.400. The lowest BCUT2D eigenvalue weighted by Gasteiger charge is -2.47. The summed E-state index contributed by atoms with van der Waals surface area (Å²) in [6, 6.07) is 1.22. The lowest BCUT2D eigenvalue weighted by Crippen LogP contribution is -2.43. The van der Waals surface area contributed by atoms with E-state index < -0.39 is 0 Å². The van der Waals surface area contributed by atoms with Gasteiger partial charge >= 0.3 is 0 Å². The number of hydrogen-bond donors (Lipinski definition) is 0. The van der Waals surface area contributed by atoms with Crippen molar-refractivity contribution in [1.82, 2.24) is 0 Å². The molecule has 0 N–H and O–H groups in total. The van der Waals surface area contributed by atoms with Crippen molar-refractivity contribution in [3.8, 4) is 0 Å². The van der Waals surface area contributed by atoms with Gasteiger partial charge in [0.25, 0.3) is 0 Å². The molecular formula is C16H26N2. The van der Waals surface area contributed by atoms with E-state index >= 15 is 0 Å². The van der Waals surface area contributed by atoms with Gasteiger partial charge in [0, 0.05) is 0 Å². The van der Waals surface area contributed by atoms with Gasteiger partial charge in [0.1, 0.15) is 0 Å². The molecule has 4 saturated carbocycles. The highest BCUT2D eigenvalue weighted by molar-refractivity contribution is 5.05. The normalized spacial score (nSPS) is 40.4. The molecule has 0 aromatic heterocycles. The Labute approximate surface area is 111 Å². The summed E-state index contributed by atoms with van der Waals surface area (Å²) >= 11 is 0. The van der Waals surface area contributed by atoms with Gasteiger partial charge in [-0.1, -0.05) is 25.7 Å². The predicted octanol–water partition coefficient (Wildman–Crippen LogP) is 4.88. The molecule has 2 unspecified atom stereocenters. The van der Waals surface area contributed by atoms with Gasteiger partial charge in [0.05, 0.1) is 12.1 Å². The highest BCUT2D eigenvalue weighted by Gasteiger charge is 2.51. The quantitative estimate of drug-likeness (QED) is 0.620. The van der Waals surface area contributed by atoms with E-state index in [1.807, 2.05) is 0 Å². The minimum atomic E-state index is 0.610. The summed E-state index contributed by atoms with van der Waals surface area (Å²) in [5, 5.41) is 9.66. The second-order valence-corrected chi connectivity index (χ2v) is 7.48. The van der Waals surface area contributed by atoms with Crippen molar-refractivity contribution in [3.63, 3.8) is 0 Å². The maximum absolute atomic E-state index is 4.83. The lowest BCUT2D eigenvalue weighted by atomic mass is 9.63. The molecular weight excluding hydrogens is 220 g/mol. The maximum atomic E-state index is 4.83. The molecule has 100 valence electrons. The van der Waals surface area contributed by atoms with E-state index in [-0.39, 0.29) is 0 Å². The van der Waals surface area contributed by atoms with Gasteiger partial charge < -0.3 is 0 Å². The molecule has 0 bridgehead atoms. The fourth-order valence-electron chi connectivity index (χ4n) is 5.21. The number of rotatable bonds is 2. The average molecular weight is 246 g/mol. The average Bonchev–Trinajstić information content (AvgIpc) is 3.01. The fourth-order valence-corrected chi connectivity index (χ4v) is 5.21. The minimum Gasteiger partial charge on any atom is -0.190 e. The molecule has 0 heterocycles. The molecule has 0 aromatic carbocycles. The molecule has 4 rings (SSSR count). The van der Waals surface area contributed by atoms with Crippen molar-refractivity contribution in [2.45, 2.75) is 89.1 Å². The Morgan fingerprint density at radius 3 is 1.22 bits per heavy atom. The topological polar surface area (TPSA) is 24.7 Å². The van der Waals surface area contributed by atoms with E-state index in [0.717, 1.165) is 0 Å². The summed E-state index contributed by atoms with van der Waals surface area (Å²) in [6.45, 7) is 0. The third-order valence-electron chi connectivity index (χ3n) is 6.79. The van der Waals surface area contributed by atoms with E-state index in [4.69, 9.17) is 10.2 Å². The van der Waals surface area contributed by atoms with Gasteiger partial charge in [-0.3, -0.25) is 0 Å². The Balaban J connectivity index is 1.41. The number of hydrogen-bond acceptors (Lipinski definition) is 2. The summed E-state index contributed by atoms with van der Waals surface area (Å²) in [7, 11) is 0. The molecule has 4 aliphatic carbocycles. The molecule has 4 fully saturated rings.